The van der Waals surface area contributed by atoms with E-state index in [1.54, 1.807) is 6.08 Å². The zero-order valence-electron chi connectivity index (χ0n) is 25.2. The van der Waals surface area contributed by atoms with Crippen molar-refractivity contribution in [3.63, 3.8) is 0 Å². The van der Waals surface area contributed by atoms with Crippen molar-refractivity contribution in [3.05, 3.63) is 12.2 Å². The lowest BCUT2D eigenvalue weighted by atomic mass is 10.1. The molecule has 0 aliphatic rings. The third-order valence-electron chi connectivity index (χ3n) is 6.51. The molecule has 0 aliphatic carbocycles. The second kappa shape index (κ2) is 23.0. The van der Waals surface area contributed by atoms with Gasteiger partial charge in [0.2, 0.25) is 5.91 Å². The number of nitrogens with one attached hydrogen (secondary N) is 1. The van der Waals surface area contributed by atoms with Crippen LogP contribution in [0.1, 0.15) is 117 Å². The van der Waals surface area contributed by atoms with Crippen LogP contribution in [0.4, 0.5) is 0 Å². The summed E-state index contributed by atoms with van der Waals surface area (Å²) in [6, 6.07) is -0.833. The van der Waals surface area contributed by atoms with E-state index in [4.69, 9.17) is 9.05 Å². The summed E-state index contributed by atoms with van der Waals surface area (Å²) in [6.45, 7) is 4.68. The Labute approximate surface area is 233 Å². The van der Waals surface area contributed by atoms with Crippen molar-refractivity contribution < 1.29 is 32.9 Å². The van der Waals surface area contributed by atoms with Gasteiger partial charge in [0.1, 0.15) is 13.2 Å². The summed E-state index contributed by atoms with van der Waals surface area (Å²) in [5.41, 5.74) is 0. The van der Waals surface area contributed by atoms with Crippen molar-refractivity contribution in [1.82, 2.24) is 5.32 Å². The van der Waals surface area contributed by atoms with Gasteiger partial charge in [-0.2, -0.15) is 0 Å². The molecule has 0 bridgehead atoms. The van der Waals surface area contributed by atoms with Crippen LogP contribution in [0, 0.1) is 0 Å². The van der Waals surface area contributed by atoms with Crippen LogP contribution in [-0.2, 0) is 18.4 Å². The molecule has 0 aliphatic heterocycles. The summed E-state index contributed by atoms with van der Waals surface area (Å²) in [4.78, 5) is 22.6. The van der Waals surface area contributed by atoms with Crippen molar-refractivity contribution >= 4 is 13.7 Å². The molecule has 1 amide bonds. The van der Waals surface area contributed by atoms with Gasteiger partial charge in [-0.15, -0.1) is 0 Å². The lowest BCUT2D eigenvalue weighted by molar-refractivity contribution is -0.870. The number of aliphatic hydroxyl groups excluding tert-OH is 1. The Kier molecular flexibility index (Phi) is 22.5. The fourth-order valence-electron chi connectivity index (χ4n) is 3.98. The van der Waals surface area contributed by atoms with Crippen LogP contribution in [0.2, 0.25) is 0 Å². The Morgan fingerprint density at radius 1 is 0.868 bits per heavy atom. The molecule has 9 heteroatoms. The highest BCUT2D eigenvalue weighted by Gasteiger charge is 2.27. The van der Waals surface area contributed by atoms with Crippen molar-refractivity contribution in [2.45, 2.75) is 129 Å². The van der Waals surface area contributed by atoms with Crippen LogP contribution in [0.25, 0.3) is 0 Å². The number of likely N-dealkylation sites (N-methyl/N-ethyl adjacent to an activating group) is 1. The van der Waals surface area contributed by atoms with Gasteiger partial charge in [-0.3, -0.25) is 13.8 Å². The van der Waals surface area contributed by atoms with Crippen LogP contribution in [0.3, 0.4) is 0 Å². The summed E-state index contributed by atoms with van der Waals surface area (Å²) < 4.78 is 23.2. The second-order valence-electron chi connectivity index (χ2n) is 11.5. The van der Waals surface area contributed by atoms with Crippen LogP contribution in [0.15, 0.2) is 12.2 Å². The highest BCUT2D eigenvalue weighted by atomic mass is 31.2. The zero-order valence-corrected chi connectivity index (χ0v) is 26.1. The maximum absolute atomic E-state index is 12.5. The van der Waals surface area contributed by atoms with Crippen molar-refractivity contribution in [3.8, 4) is 0 Å². The largest absolute Gasteiger partial charge is 0.472 e. The molecule has 0 saturated heterocycles. The van der Waals surface area contributed by atoms with E-state index in [0.29, 0.717) is 17.4 Å². The van der Waals surface area contributed by atoms with E-state index in [0.717, 1.165) is 38.5 Å². The van der Waals surface area contributed by atoms with Gasteiger partial charge in [0.25, 0.3) is 0 Å². The van der Waals surface area contributed by atoms with Crippen LogP contribution < -0.4 is 5.32 Å². The van der Waals surface area contributed by atoms with Crippen LogP contribution in [0.5, 0.6) is 0 Å². The van der Waals surface area contributed by atoms with Crippen molar-refractivity contribution in [1.29, 1.82) is 0 Å². The SMILES string of the molecule is CCCCCCCCCC/C=C/[C@@H](O)[C@H](COP(=O)(O)OCC[N+](C)(C)C)NC(=O)CCCCCCCC. The van der Waals surface area contributed by atoms with Gasteiger partial charge >= 0.3 is 7.82 Å². The second-order valence-corrected chi connectivity index (χ2v) is 12.9. The first-order valence-corrected chi connectivity index (χ1v) is 16.6. The van der Waals surface area contributed by atoms with E-state index in [1.807, 2.05) is 27.2 Å². The molecule has 0 radical (unpaired) electrons. The number of unbranched alkanes of at least 4 members (excludes halogenated alkanes) is 13. The smallest absolute Gasteiger partial charge is 0.387 e. The van der Waals surface area contributed by atoms with Gasteiger partial charge in [0, 0.05) is 6.42 Å². The quantitative estimate of drug-likeness (QED) is 0.0480. The summed E-state index contributed by atoms with van der Waals surface area (Å²) in [6.07, 6.45) is 20.1. The first-order valence-electron chi connectivity index (χ1n) is 15.1. The van der Waals surface area contributed by atoms with Gasteiger partial charge < -0.3 is 19.8 Å². The minimum absolute atomic E-state index is 0.0629. The molecule has 38 heavy (non-hydrogen) atoms. The topological polar surface area (TPSA) is 105 Å². The summed E-state index contributed by atoms with van der Waals surface area (Å²) in [5.74, 6) is -0.191. The first kappa shape index (κ1) is 37.2. The van der Waals surface area contributed by atoms with Crippen LogP contribution >= 0.6 is 7.82 Å². The normalized spacial score (nSPS) is 15.4. The molecule has 0 aromatic carbocycles. The molecule has 0 saturated carbocycles. The van der Waals surface area contributed by atoms with Gasteiger partial charge in [-0.1, -0.05) is 103 Å². The van der Waals surface area contributed by atoms with Gasteiger partial charge in [-0.25, -0.2) is 4.57 Å². The number of phosphoric ester groups is 1. The number of quaternary nitrogens is 1. The third kappa shape index (κ3) is 24.3. The zero-order chi connectivity index (χ0) is 28.7. The number of nitrogens with zero attached hydrogens (tertiary/aromatic N) is 1. The van der Waals surface area contributed by atoms with E-state index in [9.17, 15) is 19.4 Å². The van der Waals surface area contributed by atoms with Crippen LogP contribution in [-0.4, -0.2) is 73.4 Å². The number of phosphoric acid groups is 1. The highest BCUT2D eigenvalue weighted by Crippen LogP contribution is 2.43. The monoisotopic (exact) mass is 563 g/mol. The van der Waals surface area contributed by atoms with Gasteiger partial charge in [0.15, 0.2) is 0 Å². The number of hydrogen-bond acceptors (Lipinski definition) is 5. The predicted molar refractivity (Wildman–Crippen MR) is 157 cm³/mol. The predicted octanol–water partition coefficient (Wildman–Crippen LogP) is 6.51. The average Bonchev–Trinajstić information content (AvgIpc) is 2.84. The Hall–Kier alpha value is -0.760. The Morgan fingerprint density at radius 2 is 1.39 bits per heavy atom. The standard InChI is InChI=1S/C29H59N2O6P/c1-6-8-10-12-14-15-16-17-18-20-22-28(32)27(30-29(33)23-21-19-13-11-9-7-2)26-37-38(34,35)36-25-24-31(3,4)5/h20,22,27-28,32H,6-19,21,23-26H2,1-5H3,(H-,30,33,34,35)/p+1/b22-20+/t27-,28+/m0/s1. The highest BCUT2D eigenvalue weighted by molar-refractivity contribution is 7.47. The van der Waals surface area contributed by atoms with E-state index >= 15 is 0 Å². The number of rotatable bonds is 26. The van der Waals surface area contributed by atoms with Gasteiger partial charge in [-0.05, 0) is 19.3 Å². The fraction of sp³-hybridized carbons (Fsp3) is 0.897. The number of carbonyl (C=O) groups excluding carboxylic acids is 1. The molecular formula is C29H60N2O6P+. The minimum atomic E-state index is -4.30. The van der Waals surface area contributed by atoms with Crippen molar-refractivity contribution in [2.24, 2.45) is 0 Å². The molecule has 0 aromatic rings. The Bertz CT molecular complexity index is 653. The molecule has 226 valence electrons. The van der Waals surface area contributed by atoms with E-state index in [1.165, 1.54) is 57.8 Å². The summed E-state index contributed by atoms with van der Waals surface area (Å²) >= 11 is 0. The van der Waals surface area contributed by atoms with E-state index < -0.39 is 20.0 Å². The molecule has 3 atom stereocenters. The molecule has 0 spiro atoms. The maximum atomic E-state index is 12.5. The Balaban J connectivity index is 4.69. The fourth-order valence-corrected chi connectivity index (χ4v) is 4.71. The van der Waals surface area contributed by atoms with Crippen molar-refractivity contribution in [2.75, 3.05) is 40.9 Å². The molecule has 0 rings (SSSR count). The Morgan fingerprint density at radius 3 is 1.95 bits per heavy atom. The minimum Gasteiger partial charge on any atom is -0.387 e. The lowest BCUT2D eigenvalue weighted by Gasteiger charge is -2.25. The van der Waals surface area contributed by atoms with E-state index in [2.05, 4.69) is 19.2 Å². The number of aliphatic hydroxyl groups is 1. The average molecular weight is 564 g/mol. The molecule has 3 N–H and O–H groups in total. The number of hydrogen-bond donors (Lipinski definition) is 3. The molecule has 1 unspecified atom stereocenters. The first-order chi connectivity index (χ1) is 18.0. The molecule has 0 aromatic heterocycles. The molecular weight excluding hydrogens is 503 g/mol. The molecule has 8 nitrogen and oxygen atoms in total. The molecule has 0 fully saturated rings. The maximum Gasteiger partial charge on any atom is 0.472 e. The molecule has 0 heterocycles. The lowest BCUT2D eigenvalue weighted by Crippen LogP contribution is -2.45. The van der Waals surface area contributed by atoms with Gasteiger partial charge in [0.05, 0.1) is 39.9 Å². The summed E-state index contributed by atoms with van der Waals surface area (Å²) in [7, 11) is 1.57. The number of carbonyl (C=O) groups is 1. The van der Waals surface area contributed by atoms with E-state index in [-0.39, 0.29) is 19.1 Å². The number of amides is 1. The number of allylic oxidation sites excluding steroid dienone is 1. The summed E-state index contributed by atoms with van der Waals surface area (Å²) in [5, 5.41) is 13.5. The third-order valence-corrected chi connectivity index (χ3v) is 7.49.